The van der Waals surface area contributed by atoms with Gasteiger partial charge in [-0.1, -0.05) is 0 Å². The third kappa shape index (κ3) is 4.09. The van der Waals surface area contributed by atoms with Crippen molar-refractivity contribution >= 4 is 21.7 Å². The van der Waals surface area contributed by atoms with Crippen molar-refractivity contribution in [3.05, 3.63) is 17.5 Å². The number of ether oxygens (including phenoxy) is 1. The molecule has 3 rings (SSSR count). The van der Waals surface area contributed by atoms with Crippen LogP contribution in [0.2, 0.25) is 0 Å². The number of carbonyl (C=O) groups is 1. The van der Waals surface area contributed by atoms with Crippen molar-refractivity contribution in [3.63, 3.8) is 0 Å². The Labute approximate surface area is 148 Å². The third-order valence-corrected chi connectivity index (χ3v) is 6.36. The number of rotatable bonds is 4. The number of hydrogen-bond donors (Lipinski definition) is 0. The molecule has 1 aromatic heterocycles. The van der Waals surface area contributed by atoms with E-state index >= 15 is 0 Å². The van der Waals surface area contributed by atoms with Gasteiger partial charge in [-0.25, -0.2) is 18.4 Å². The number of morpholine rings is 1. The molecule has 2 aliphatic rings. The third-order valence-electron chi connectivity index (χ3n) is 4.61. The van der Waals surface area contributed by atoms with Crippen LogP contribution in [0.25, 0.3) is 0 Å². The number of aryl methyl sites for hydroxylation is 1. The standard InChI is InChI=1S/C16H24N4O4S/c1-3-20(13-4-9-25(22,23)11-13)15(21)14-10-12(2)17-16(18-14)19-5-7-24-8-6-19/h10,13H,3-9,11H2,1-2H3. The van der Waals surface area contributed by atoms with Crippen LogP contribution in [0.3, 0.4) is 0 Å². The average molecular weight is 368 g/mol. The summed E-state index contributed by atoms with van der Waals surface area (Å²) in [5.74, 6) is 0.474. The first-order chi connectivity index (χ1) is 11.9. The molecule has 0 saturated carbocycles. The van der Waals surface area contributed by atoms with Gasteiger partial charge in [0.1, 0.15) is 5.69 Å². The Morgan fingerprint density at radius 3 is 2.68 bits per heavy atom. The summed E-state index contributed by atoms with van der Waals surface area (Å²) >= 11 is 0. The lowest BCUT2D eigenvalue weighted by Gasteiger charge is -2.29. The molecule has 0 radical (unpaired) electrons. The Hall–Kier alpha value is -1.74. The Balaban J connectivity index is 1.84. The van der Waals surface area contributed by atoms with Gasteiger partial charge in [0.25, 0.3) is 5.91 Å². The zero-order chi connectivity index (χ0) is 18.0. The summed E-state index contributed by atoms with van der Waals surface area (Å²) in [6.07, 6.45) is 0.488. The van der Waals surface area contributed by atoms with Gasteiger partial charge in [-0.2, -0.15) is 0 Å². The summed E-state index contributed by atoms with van der Waals surface area (Å²) in [6.45, 7) is 6.75. The van der Waals surface area contributed by atoms with Crippen LogP contribution in [0, 0.1) is 6.92 Å². The summed E-state index contributed by atoms with van der Waals surface area (Å²) in [5, 5.41) is 0. The number of nitrogens with zero attached hydrogens (tertiary/aromatic N) is 4. The van der Waals surface area contributed by atoms with E-state index in [0.717, 1.165) is 5.69 Å². The highest BCUT2D eigenvalue weighted by Crippen LogP contribution is 2.20. The average Bonchev–Trinajstić information content (AvgIpc) is 2.95. The van der Waals surface area contributed by atoms with Gasteiger partial charge in [-0.05, 0) is 26.3 Å². The SMILES string of the molecule is CCN(C(=O)c1cc(C)nc(N2CCOCC2)n1)C1CCS(=O)(=O)C1. The second-order valence-corrected chi connectivity index (χ2v) is 8.67. The van der Waals surface area contributed by atoms with Crippen LogP contribution in [0.1, 0.15) is 29.5 Å². The first-order valence-electron chi connectivity index (χ1n) is 8.59. The Morgan fingerprint density at radius 2 is 2.08 bits per heavy atom. The van der Waals surface area contributed by atoms with Crippen molar-refractivity contribution in [2.45, 2.75) is 26.3 Å². The number of sulfone groups is 1. The van der Waals surface area contributed by atoms with E-state index in [4.69, 9.17) is 4.74 Å². The molecular weight excluding hydrogens is 344 g/mol. The fourth-order valence-corrected chi connectivity index (χ4v) is 5.03. The van der Waals surface area contributed by atoms with E-state index in [-0.39, 0.29) is 23.5 Å². The quantitative estimate of drug-likeness (QED) is 0.753. The minimum Gasteiger partial charge on any atom is -0.378 e. The topological polar surface area (TPSA) is 92.7 Å². The van der Waals surface area contributed by atoms with Gasteiger partial charge in [-0.15, -0.1) is 0 Å². The summed E-state index contributed by atoms with van der Waals surface area (Å²) in [4.78, 5) is 25.5. The predicted octanol–water partition coefficient (Wildman–Crippen LogP) is 0.271. The zero-order valence-corrected chi connectivity index (χ0v) is 15.5. The molecule has 2 saturated heterocycles. The zero-order valence-electron chi connectivity index (χ0n) is 14.6. The van der Waals surface area contributed by atoms with Crippen LogP contribution in [0.15, 0.2) is 6.07 Å². The summed E-state index contributed by atoms with van der Waals surface area (Å²) < 4.78 is 28.8. The largest absolute Gasteiger partial charge is 0.378 e. The fraction of sp³-hybridized carbons (Fsp3) is 0.688. The van der Waals surface area contributed by atoms with Gasteiger partial charge in [0.15, 0.2) is 9.84 Å². The van der Waals surface area contributed by atoms with E-state index in [2.05, 4.69) is 9.97 Å². The number of hydrogen-bond acceptors (Lipinski definition) is 7. The van der Waals surface area contributed by atoms with E-state index in [9.17, 15) is 13.2 Å². The number of amides is 1. The minimum atomic E-state index is -3.05. The first-order valence-corrected chi connectivity index (χ1v) is 10.4. The molecule has 8 nitrogen and oxygen atoms in total. The molecule has 2 fully saturated rings. The van der Waals surface area contributed by atoms with Crippen molar-refractivity contribution in [1.29, 1.82) is 0 Å². The van der Waals surface area contributed by atoms with Gasteiger partial charge in [0, 0.05) is 31.4 Å². The van der Waals surface area contributed by atoms with Crippen LogP contribution in [-0.2, 0) is 14.6 Å². The molecule has 0 spiro atoms. The highest BCUT2D eigenvalue weighted by Gasteiger charge is 2.35. The first kappa shape index (κ1) is 18.1. The smallest absolute Gasteiger partial charge is 0.272 e. The summed E-state index contributed by atoms with van der Waals surface area (Å²) in [7, 11) is -3.05. The number of aromatic nitrogens is 2. The predicted molar refractivity (Wildman–Crippen MR) is 93.6 cm³/mol. The van der Waals surface area contributed by atoms with Crippen molar-refractivity contribution < 1.29 is 17.9 Å². The maximum absolute atomic E-state index is 13.0. The lowest BCUT2D eigenvalue weighted by atomic mass is 10.2. The molecule has 1 unspecified atom stereocenters. The van der Waals surface area contributed by atoms with E-state index < -0.39 is 9.84 Å². The number of carbonyl (C=O) groups excluding carboxylic acids is 1. The molecule has 0 aromatic carbocycles. The molecular formula is C16H24N4O4S. The molecule has 25 heavy (non-hydrogen) atoms. The molecule has 1 aromatic rings. The monoisotopic (exact) mass is 368 g/mol. The van der Waals surface area contributed by atoms with E-state index in [1.54, 1.807) is 11.0 Å². The lowest BCUT2D eigenvalue weighted by Crippen LogP contribution is -2.42. The van der Waals surface area contributed by atoms with Crippen LogP contribution in [-0.4, -0.2) is 79.6 Å². The van der Waals surface area contributed by atoms with Crippen LogP contribution in [0.4, 0.5) is 5.95 Å². The van der Waals surface area contributed by atoms with Gasteiger partial charge in [0.05, 0.1) is 24.7 Å². The minimum absolute atomic E-state index is 0.0347. The maximum Gasteiger partial charge on any atom is 0.272 e. The summed E-state index contributed by atoms with van der Waals surface area (Å²) in [5.41, 5.74) is 1.04. The van der Waals surface area contributed by atoms with Gasteiger partial charge in [0.2, 0.25) is 5.95 Å². The van der Waals surface area contributed by atoms with Crippen LogP contribution >= 0.6 is 0 Å². The normalized spacial score (nSPS) is 22.8. The maximum atomic E-state index is 13.0. The van der Waals surface area contributed by atoms with Crippen molar-refractivity contribution in [3.8, 4) is 0 Å². The van der Waals surface area contributed by atoms with E-state index in [1.165, 1.54) is 0 Å². The fourth-order valence-electron chi connectivity index (χ4n) is 3.30. The summed E-state index contributed by atoms with van der Waals surface area (Å²) in [6, 6.07) is 1.39. The second kappa shape index (κ2) is 7.25. The molecule has 0 bridgehead atoms. The Morgan fingerprint density at radius 1 is 1.36 bits per heavy atom. The molecule has 3 heterocycles. The number of anilines is 1. The van der Waals surface area contributed by atoms with Gasteiger partial charge >= 0.3 is 0 Å². The van der Waals surface area contributed by atoms with Crippen LogP contribution < -0.4 is 4.90 Å². The molecule has 1 amide bonds. The second-order valence-electron chi connectivity index (χ2n) is 6.44. The molecule has 138 valence electrons. The molecule has 1 atom stereocenters. The van der Waals surface area contributed by atoms with E-state index in [1.807, 2.05) is 18.7 Å². The van der Waals surface area contributed by atoms with Gasteiger partial charge in [-0.3, -0.25) is 4.79 Å². The van der Waals surface area contributed by atoms with Crippen molar-refractivity contribution in [2.24, 2.45) is 0 Å². The highest BCUT2D eigenvalue weighted by atomic mass is 32.2. The highest BCUT2D eigenvalue weighted by molar-refractivity contribution is 7.91. The van der Waals surface area contributed by atoms with Crippen molar-refractivity contribution in [2.75, 3.05) is 49.3 Å². The van der Waals surface area contributed by atoms with Crippen LogP contribution in [0.5, 0.6) is 0 Å². The molecule has 9 heteroatoms. The Kier molecular flexibility index (Phi) is 5.24. The lowest BCUT2D eigenvalue weighted by molar-refractivity contribution is 0.0702. The van der Waals surface area contributed by atoms with E-state index in [0.29, 0.717) is 50.9 Å². The Bertz CT molecular complexity index is 747. The molecule has 0 aliphatic carbocycles. The van der Waals surface area contributed by atoms with Gasteiger partial charge < -0.3 is 14.5 Å². The molecule has 0 N–H and O–H groups in total. The molecule has 2 aliphatic heterocycles. The van der Waals surface area contributed by atoms with Crippen molar-refractivity contribution in [1.82, 2.24) is 14.9 Å².